The molecule has 2 unspecified atom stereocenters. The number of hydrogen-bond acceptors (Lipinski definition) is 5. The molecule has 0 aliphatic carbocycles. The van der Waals surface area contributed by atoms with Gasteiger partial charge in [-0.05, 0) is 24.8 Å². The van der Waals surface area contributed by atoms with E-state index in [4.69, 9.17) is 4.74 Å². The monoisotopic (exact) mass is 509 g/mol. The number of unbranched alkanes of at least 4 members (excludes halogenated alkanes) is 1. The smallest absolute Gasteiger partial charge is 0.248 e. The van der Waals surface area contributed by atoms with E-state index in [0.29, 0.717) is 39.0 Å². The summed E-state index contributed by atoms with van der Waals surface area (Å²) in [6.45, 7) is 11.1. The molecule has 0 aromatic heterocycles. The third-order valence-corrected chi connectivity index (χ3v) is 7.98. The van der Waals surface area contributed by atoms with E-state index in [1.54, 1.807) is 22.0 Å². The topological polar surface area (TPSA) is 90.4 Å². The molecule has 37 heavy (non-hydrogen) atoms. The zero-order chi connectivity index (χ0) is 26.6. The lowest BCUT2D eigenvalue weighted by Gasteiger charge is -2.36. The number of β-amino-alcohol motifs (C(OH)–C–C–N with tert-alkyl or cyclic N) is 1. The first-order valence-electron chi connectivity index (χ1n) is 13.4. The van der Waals surface area contributed by atoms with Gasteiger partial charge in [0.25, 0.3) is 0 Å². The molecular weight excluding hydrogens is 470 g/mol. The fourth-order valence-electron chi connectivity index (χ4n) is 6.43. The average molecular weight is 510 g/mol. The fourth-order valence-corrected chi connectivity index (χ4v) is 6.43. The molecule has 8 heteroatoms. The number of carbonyl (C=O) groups is 3. The molecule has 8 nitrogen and oxygen atoms in total. The first-order chi connectivity index (χ1) is 17.9. The van der Waals surface area contributed by atoms with Gasteiger partial charge < -0.3 is 24.5 Å². The maximum Gasteiger partial charge on any atom is 0.248 e. The molecule has 1 N–H and O–H groups in total. The van der Waals surface area contributed by atoms with Gasteiger partial charge >= 0.3 is 0 Å². The van der Waals surface area contributed by atoms with Crippen LogP contribution in [0.15, 0.2) is 55.6 Å². The molecule has 3 amide bonds. The van der Waals surface area contributed by atoms with Crippen LogP contribution in [-0.2, 0) is 25.7 Å². The van der Waals surface area contributed by atoms with Crippen LogP contribution in [0.25, 0.3) is 0 Å². The van der Waals surface area contributed by atoms with Crippen LogP contribution in [0.4, 0.5) is 0 Å². The Morgan fingerprint density at radius 2 is 1.86 bits per heavy atom. The van der Waals surface area contributed by atoms with Crippen molar-refractivity contribution in [1.82, 2.24) is 14.7 Å². The quantitative estimate of drug-likeness (QED) is 0.413. The highest BCUT2D eigenvalue weighted by Crippen LogP contribution is 2.58. The van der Waals surface area contributed by atoms with Gasteiger partial charge in [0.15, 0.2) is 0 Å². The van der Waals surface area contributed by atoms with Gasteiger partial charge in [-0.1, -0.05) is 55.8 Å². The molecule has 1 spiro atoms. The third-order valence-electron chi connectivity index (χ3n) is 7.98. The maximum atomic E-state index is 14.0. The van der Waals surface area contributed by atoms with E-state index < -0.39 is 29.6 Å². The van der Waals surface area contributed by atoms with Crippen LogP contribution in [-0.4, -0.2) is 88.1 Å². The van der Waals surface area contributed by atoms with Crippen LogP contribution in [0, 0.1) is 11.8 Å². The number of fused-ring (bicyclic) bond motifs is 1. The van der Waals surface area contributed by atoms with Crippen LogP contribution < -0.4 is 0 Å². The summed E-state index contributed by atoms with van der Waals surface area (Å²) in [6, 6.07) is 8.85. The predicted molar refractivity (Wildman–Crippen MR) is 140 cm³/mol. The van der Waals surface area contributed by atoms with Gasteiger partial charge in [0.05, 0.1) is 24.5 Å². The Morgan fingerprint density at radius 1 is 1.16 bits per heavy atom. The standard InChI is InChI=1S/C29H39N3O5/c1-4-7-17-30(15-5-2)28(36)25-29-14-13-22(37-29)23(24(29)27(35)32(25)18-19-33)26(34)31(16-6-3)20-21-11-9-8-10-12-21/h5-6,8-12,22-25,33H,2-4,7,13-20H2,1H3/t22-,23+,24+,25?,29?/m1/s1. The average Bonchev–Trinajstić information content (AvgIpc) is 3.54. The van der Waals surface area contributed by atoms with Gasteiger partial charge in [-0.3, -0.25) is 14.4 Å². The van der Waals surface area contributed by atoms with E-state index in [-0.39, 0.29) is 30.9 Å². The van der Waals surface area contributed by atoms with Gasteiger partial charge in [0.1, 0.15) is 11.6 Å². The Bertz CT molecular complexity index is 1010. The summed E-state index contributed by atoms with van der Waals surface area (Å²) in [5.74, 6) is -2.05. The number of nitrogens with zero attached hydrogens (tertiary/aromatic N) is 3. The number of benzene rings is 1. The SMILES string of the molecule is C=CCN(CCCC)C(=O)C1N(CCO)C(=O)[C@@H]2[C@@H](C(=O)N(CC=C)Cc3ccccc3)[C@H]3CCC12O3. The lowest BCUT2D eigenvalue weighted by molar-refractivity contribution is -0.149. The number of likely N-dealkylation sites (tertiary alicyclic amines) is 1. The van der Waals surface area contributed by atoms with Crippen molar-refractivity contribution in [2.75, 3.05) is 32.8 Å². The largest absolute Gasteiger partial charge is 0.395 e. The molecule has 1 aromatic carbocycles. The van der Waals surface area contributed by atoms with Crippen molar-refractivity contribution in [3.05, 3.63) is 61.2 Å². The summed E-state index contributed by atoms with van der Waals surface area (Å²) in [4.78, 5) is 46.8. The van der Waals surface area contributed by atoms with Crippen molar-refractivity contribution in [1.29, 1.82) is 0 Å². The lowest BCUT2D eigenvalue weighted by Crippen LogP contribution is -2.56. The second-order valence-electron chi connectivity index (χ2n) is 10.2. The maximum absolute atomic E-state index is 14.0. The van der Waals surface area contributed by atoms with E-state index in [2.05, 4.69) is 20.1 Å². The Morgan fingerprint density at radius 3 is 2.51 bits per heavy atom. The Balaban J connectivity index is 1.67. The molecule has 3 saturated heterocycles. The van der Waals surface area contributed by atoms with Crippen molar-refractivity contribution < 1.29 is 24.2 Å². The van der Waals surface area contributed by atoms with Crippen molar-refractivity contribution in [2.24, 2.45) is 11.8 Å². The summed E-state index contributed by atoms with van der Waals surface area (Å²) >= 11 is 0. The molecule has 3 heterocycles. The second-order valence-corrected chi connectivity index (χ2v) is 10.2. The zero-order valence-electron chi connectivity index (χ0n) is 21.8. The molecule has 3 aliphatic heterocycles. The van der Waals surface area contributed by atoms with Crippen LogP contribution in [0.1, 0.15) is 38.2 Å². The fraction of sp³-hybridized carbons (Fsp3) is 0.552. The van der Waals surface area contributed by atoms with E-state index in [9.17, 15) is 19.5 Å². The highest BCUT2D eigenvalue weighted by molar-refractivity contribution is 5.99. The number of aliphatic hydroxyl groups is 1. The summed E-state index contributed by atoms with van der Waals surface area (Å²) in [7, 11) is 0. The number of aliphatic hydroxyl groups excluding tert-OH is 1. The van der Waals surface area contributed by atoms with Crippen LogP contribution in [0.5, 0.6) is 0 Å². The summed E-state index contributed by atoms with van der Waals surface area (Å²) in [6.07, 6.45) is 5.86. The minimum atomic E-state index is -1.06. The second kappa shape index (κ2) is 11.6. The van der Waals surface area contributed by atoms with Gasteiger partial charge in [0, 0.05) is 32.7 Å². The van der Waals surface area contributed by atoms with E-state index >= 15 is 0 Å². The molecule has 200 valence electrons. The predicted octanol–water partition coefficient (Wildman–Crippen LogP) is 2.38. The van der Waals surface area contributed by atoms with Gasteiger partial charge in [0.2, 0.25) is 17.7 Å². The molecule has 3 fully saturated rings. The molecule has 5 atom stereocenters. The van der Waals surface area contributed by atoms with Crippen molar-refractivity contribution in [3.8, 4) is 0 Å². The number of hydrogen-bond donors (Lipinski definition) is 1. The molecule has 2 bridgehead atoms. The molecule has 0 saturated carbocycles. The number of rotatable bonds is 13. The number of amides is 3. The highest BCUT2D eigenvalue weighted by Gasteiger charge is 2.74. The van der Waals surface area contributed by atoms with E-state index in [1.807, 2.05) is 30.3 Å². The molecule has 0 radical (unpaired) electrons. The third kappa shape index (κ3) is 4.84. The molecule has 3 aliphatic rings. The van der Waals surface area contributed by atoms with Gasteiger partial charge in [-0.25, -0.2) is 0 Å². The number of ether oxygens (including phenoxy) is 1. The molecule has 4 rings (SSSR count). The number of carbonyl (C=O) groups excluding carboxylic acids is 3. The summed E-state index contributed by atoms with van der Waals surface area (Å²) < 4.78 is 6.52. The minimum Gasteiger partial charge on any atom is -0.395 e. The Kier molecular flexibility index (Phi) is 8.49. The normalized spacial score (nSPS) is 27.7. The van der Waals surface area contributed by atoms with Crippen LogP contribution in [0.2, 0.25) is 0 Å². The van der Waals surface area contributed by atoms with Crippen LogP contribution >= 0.6 is 0 Å². The van der Waals surface area contributed by atoms with Crippen molar-refractivity contribution in [2.45, 2.75) is 56.9 Å². The Labute approximate surface area is 219 Å². The highest BCUT2D eigenvalue weighted by atomic mass is 16.5. The van der Waals surface area contributed by atoms with Crippen molar-refractivity contribution >= 4 is 17.7 Å². The minimum absolute atomic E-state index is 0.0263. The summed E-state index contributed by atoms with van der Waals surface area (Å²) in [5.41, 5.74) is -0.0767. The van der Waals surface area contributed by atoms with E-state index in [0.717, 1.165) is 18.4 Å². The first-order valence-corrected chi connectivity index (χ1v) is 13.4. The van der Waals surface area contributed by atoms with E-state index in [1.165, 1.54) is 4.90 Å². The van der Waals surface area contributed by atoms with Crippen molar-refractivity contribution in [3.63, 3.8) is 0 Å². The van der Waals surface area contributed by atoms with Gasteiger partial charge in [-0.2, -0.15) is 0 Å². The molecular formula is C29H39N3O5. The van der Waals surface area contributed by atoms with Crippen LogP contribution in [0.3, 0.4) is 0 Å². The van der Waals surface area contributed by atoms with Gasteiger partial charge in [-0.15, -0.1) is 13.2 Å². The zero-order valence-corrected chi connectivity index (χ0v) is 21.8. The lowest BCUT2D eigenvalue weighted by atomic mass is 9.70. The Hall–Kier alpha value is -2.97. The first kappa shape index (κ1) is 27.1. The summed E-state index contributed by atoms with van der Waals surface area (Å²) in [5, 5.41) is 9.79. The molecule has 1 aromatic rings.